The largest absolute Gasteiger partial charge is 0.504 e. The molecule has 0 amide bonds. The number of aliphatic hydroxyl groups excluding tert-OH is 2. The average Bonchev–Trinajstić information content (AvgIpc) is 2.39. The van der Waals surface area contributed by atoms with Gasteiger partial charge < -0.3 is 20.1 Å². The SMILES string of the molecule is CCOc1cc(C=O)cc(C(O)C(O)CBr)c1O. The van der Waals surface area contributed by atoms with E-state index in [2.05, 4.69) is 15.9 Å². The molecule has 18 heavy (non-hydrogen) atoms. The molecule has 0 aliphatic rings. The molecule has 0 fully saturated rings. The summed E-state index contributed by atoms with van der Waals surface area (Å²) >= 11 is 3.03. The molecule has 0 spiro atoms. The number of halogens is 1. The third kappa shape index (κ3) is 3.22. The Morgan fingerprint density at radius 3 is 2.61 bits per heavy atom. The van der Waals surface area contributed by atoms with Gasteiger partial charge >= 0.3 is 0 Å². The van der Waals surface area contributed by atoms with Crippen LogP contribution in [-0.4, -0.2) is 39.6 Å². The Bertz CT molecular complexity index is 421. The fraction of sp³-hybridized carbons (Fsp3) is 0.417. The van der Waals surface area contributed by atoms with Gasteiger partial charge in [-0.2, -0.15) is 0 Å². The summed E-state index contributed by atoms with van der Waals surface area (Å²) < 4.78 is 5.17. The zero-order valence-electron chi connectivity index (χ0n) is 9.84. The maximum atomic E-state index is 10.8. The van der Waals surface area contributed by atoms with Crippen LogP contribution in [0, 0.1) is 0 Å². The van der Waals surface area contributed by atoms with Gasteiger partial charge in [-0.25, -0.2) is 0 Å². The zero-order valence-corrected chi connectivity index (χ0v) is 11.4. The van der Waals surface area contributed by atoms with Crippen LogP contribution in [0.15, 0.2) is 12.1 Å². The number of rotatable bonds is 6. The van der Waals surface area contributed by atoms with Crippen molar-refractivity contribution in [3.8, 4) is 11.5 Å². The van der Waals surface area contributed by atoms with Crippen molar-refractivity contribution in [2.24, 2.45) is 0 Å². The summed E-state index contributed by atoms with van der Waals surface area (Å²) in [4.78, 5) is 10.8. The van der Waals surface area contributed by atoms with E-state index in [1.54, 1.807) is 6.92 Å². The third-order valence-corrected chi connectivity index (χ3v) is 3.07. The number of hydrogen-bond donors (Lipinski definition) is 3. The van der Waals surface area contributed by atoms with Crippen LogP contribution in [-0.2, 0) is 0 Å². The van der Waals surface area contributed by atoms with Crippen molar-refractivity contribution in [3.05, 3.63) is 23.3 Å². The van der Waals surface area contributed by atoms with Gasteiger partial charge in [0.1, 0.15) is 12.4 Å². The topological polar surface area (TPSA) is 87.0 Å². The maximum absolute atomic E-state index is 10.8. The Hall–Kier alpha value is -1.11. The summed E-state index contributed by atoms with van der Waals surface area (Å²) in [5, 5.41) is 29.5. The number of aromatic hydroxyl groups is 1. The molecule has 0 heterocycles. The smallest absolute Gasteiger partial charge is 0.163 e. The van der Waals surface area contributed by atoms with E-state index in [0.29, 0.717) is 12.9 Å². The molecule has 0 radical (unpaired) electrons. The van der Waals surface area contributed by atoms with Crippen LogP contribution in [0.4, 0.5) is 0 Å². The van der Waals surface area contributed by atoms with Gasteiger partial charge in [0, 0.05) is 16.5 Å². The maximum Gasteiger partial charge on any atom is 0.163 e. The molecule has 1 aromatic rings. The summed E-state index contributed by atoms with van der Waals surface area (Å²) in [6.07, 6.45) is -1.81. The van der Waals surface area contributed by atoms with Gasteiger partial charge in [-0.15, -0.1) is 0 Å². The fourth-order valence-electron chi connectivity index (χ4n) is 1.50. The number of phenols is 1. The van der Waals surface area contributed by atoms with Gasteiger partial charge in [-0.3, -0.25) is 4.79 Å². The van der Waals surface area contributed by atoms with Gasteiger partial charge in [0.15, 0.2) is 11.5 Å². The lowest BCUT2D eigenvalue weighted by atomic mass is 10.0. The number of aldehydes is 1. The second-order valence-electron chi connectivity index (χ2n) is 3.67. The fourth-order valence-corrected chi connectivity index (χ4v) is 1.86. The number of benzene rings is 1. The summed E-state index contributed by atoms with van der Waals surface area (Å²) in [5.74, 6) is -0.159. The Morgan fingerprint density at radius 2 is 2.11 bits per heavy atom. The lowest BCUT2D eigenvalue weighted by Crippen LogP contribution is -2.20. The Kier molecular flexibility index (Phi) is 5.58. The van der Waals surface area contributed by atoms with Gasteiger partial charge in [0.25, 0.3) is 0 Å². The van der Waals surface area contributed by atoms with Crippen molar-refractivity contribution < 1.29 is 24.9 Å². The quantitative estimate of drug-likeness (QED) is 0.545. The number of alkyl halides is 1. The molecule has 0 aliphatic carbocycles. The lowest BCUT2D eigenvalue weighted by Gasteiger charge is -2.19. The molecule has 2 atom stereocenters. The number of ether oxygens (including phenoxy) is 1. The van der Waals surface area contributed by atoms with Crippen molar-refractivity contribution >= 4 is 22.2 Å². The molecular weight excluding hydrogens is 304 g/mol. The van der Waals surface area contributed by atoms with Crippen LogP contribution in [0.25, 0.3) is 0 Å². The number of carbonyl (C=O) groups is 1. The average molecular weight is 319 g/mol. The summed E-state index contributed by atoms with van der Waals surface area (Å²) in [5.41, 5.74) is 0.321. The van der Waals surface area contributed by atoms with Crippen molar-refractivity contribution in [2.45, 2.75) is 19.1 Å². The van der Waals surface area contributed by atoms with E-state index in [9.17, 15) is 20.1 Å². The molecule has 0 aliphatic heterocycles. The highest BCUT2D eigenvalue weighted by Gasteiger charge is 2.23. The molecule has 5 nitrogen and oxygen atoms in total. The number of carbonyl (C=O) groups excluding carboxylic acids is 1. The number of phenolic OH excluding ortho intramolecular Hbond substituents is 1. The third-order valence-electron chi connectivity index (χ3n) is 2.40. The van der Waals surface area contributed by atoms with Crippen LogP contribution >= 0.6 is 15.9 Å². The first-order valence-electron chi connectivity index (χ1n) is 5.42. The highest BCUT2D eigenvalue weighted by Crippen LogP contribution is 2.36. The van der Waals surface area contributed by atoms with Gasteiger partial charge in [0.2, 0.25) is 0 Å². The molecular formula is C12H15BrO5. The van der Waals surface area contributed by atoms with Crippen LogP contribution in [0.1, 0.15) is 28.9 Å². The molecule has 0 aromatic heterocycles. The zero-order chi connectivity index (χ0) is 13.7. The highest BCUT2D eigenvalue weighted by molar-refractivity contribution is 9.09. The monoisotopic (exact) mass is 318 g/mol. The van der Waals surface area contributed by atoms with Crippen molar-refractivity contribution in [2.75, 3.05) is 11.9 Å². The Labute approximate surface area is 113 Å². The summed E-state index contributed by atoms with van der Waals surface area (Å²) in [7, 11) is 0. The molecule has 1 rings (SSSR count). The number of hydrogen-bond acceptors (Lipinski definition) is 5. The van der Waals surface area contributed by atoms with E-state index >= 15 is 0 Å². The Balaban J connectivity index is 3.24. The minimum absolute atomic E-state index is 0.0648. The van der Waals surface area contributed by atoms with Crippen molar-refractivity contribution in [1.82, 2.24) is 0 Å². The van der Waals surface area contributed by atoms with E-state index in [-0.39, 0.29) is 28.0 Å². The standard InChI is InChI=1S/C12H15BrO5/c1-2-18-10-4-7(6-14)3-8(12(10)17)11(16)9(15)5-13/h3-4,6,9,11,15-17H,2,5H2,1H3. The molecule has 6 heteroatoms. The van der Waals surface area contributed by atoms with E-state index in [1.807, 2.05) is 0 Å². The van der Waals surface area contributed by atoms with Gasteiger partial charge in [0.05, 0.1) is 12.7 Å². The normalized spacial score (nSPS) is 14.0. The first-order chi connectivity index (χ1) is 8.54. The van der Waals surface area contributed by atoms with Crippen molar-refractivity contribution in [1.29, 1.82) is 0 Å². The van der Waals surface area contributed by atoms with Gasteiger partial charge in [-0.05, 0) is 19.1 Å². The number of aliphatic hydroxyl groups is 2. The first-order valence-corrected chi connectivity index (χ1v) is 6.54. The van der Waals surface area contributed by atoms with E-state index in [4.69, 9.17) is 4.74 Å². The van der Waals surface area contributed by atoms with Crippen LogP contribution in [0.5, 0.6) is 11.5 Å². The Morgan fingerprint density at radius 1 is 1.44 bits per heavy atom. The molecule has 0 saturated carbocycles. The highest BCUT2D eigenvalue weighted by atomic mass is 79.9. The summed E-state index contributed by atoms with van der Waals surface area (Å²) in [6, 6.07) is 2.70. The molecule has 1 aromatic carbocycles. The van der Waals surface area contributed by atoms with Crippen LogP contribution in [0.2, 0.25) is 0 Å². The minimum Gasteiger partial charge on any atom is -0.504 e. The second kappa shape index (κ2) is 6.72. The second-order valence-corrected chi connectivity index (χ2v) is 4.32. The van der Waals surface area contributed by atoms with Crippen LogP contribution in [0.3, 0.4) is 0 Å². The van der Waals surface area contributed by atoms with E-state index < -0.39 is 12.2 Å². The summed E-state index contributed by atoms with van der Waals surface area (Å²) in [6.45, 7) is 2.04. The van der Waals surface area contributed by atoms with Crippen molar-refractivity contribution in [3.63, 3.8) is 0 Å². The minimum atomic E-state index is -1.30. The predicted molar refractivity (Wildman–Crippen MR) is 69.4 cm³/mol. The molecule has 3 N–H and O–H groups in total. The van der Waals surface area contributed by atoms with Gasteiger partial charge in [-0.1, -0.05) is 15.9 Å². The van der Waals surface area contributed by atoms with E-state index in [1.165, 1.54) is 12.1 Å². The molecule has 0 bridgehead atoms. The molecule has 0 saturated heterocycles. The molecule has 2 unspecified atom stereocenters. The lowest BCUT2D eigenvalue weighted by molar-refractivity contribution is 0.0325. The van der Waals surface area contributed by atoms with Crippen LogP contribution < -0.4 is 4.74 Å². The predicted octanol–water partition coefficient (Wildman–Crippen LogP) is 1.39. The first kappa shape index (κ1) is 14.9. The van der Waals surface area contributed by atoms with E-state index in [0.717, 1.165) is 0 Å². The molecule has 100 valence electrons.